The molecule has 0 saturated heterocycles. The van der Waals surface area contributed by atoms with E-state index >= 15 is 0 Å². The Morgan fingerprint density at radius 1 is 1.50 bits per heavy atom. The summed E-state index contributed by atoms with van der Waals surface area (Å²) in [5.41, 5.74) is 7.91. The number of Topliss-reactive ketones (excluding diaryl/α,β-unsaturated/α-hetero) is 1. The maximum Gasteiger partial charge on any atom is 0.188 e. The molecular formula is C13H17BrN4OS. The number of thiazole rings is 1. The number of aryl methyl sites for hydroxylation is 2. The summed E-state index contributed by atoms with van der Waals surface area (Å²) in [6.07, 6.45) is 1.14. The Hall–Kier alpha value is -1.05. The zero-order chi connectivity index (χ0) is 14.7. The third-order valence-corrected chi connectivity index (χ3v) is 4.82. The SMILES string of the molecule is CCc1nn(CC)c(CC(=O)c2csc(CN)n2)c1Br. The summed E-state index contributed by atoms with van der Waals surface area (Å²) >= 11 is 4.97. The van der Waals surface area contributed by atoms with Gasteiger partial charge in [0.25, 0.3) is 0 Å². The van der Waals surface area contributed by atoms with Gasteiger partial charge in [-0.1, -0.05) is 6.92 Å². The van der Waals surface area contributed by atoms with Gasteiger partial charge in [0.2, 0.25) is 0 Å². The van der Waals surface area contributed by atoms with Crippen LogP contribution in [0.25, 0.3) is 0 Å². The van der Waals surface area contributed by atoms with Crippen molar-refractivity contribution in [3.63, 3.8) is 0 Å². The molecule has 0 atom stereocenters. The second-order valence-electron chi connectivity index (χ2n) is 4.31. The lowest BCUT2D eigenvalue weighted by atomic mass is 10.1. The van der Waals surface area contributed by atoms with Gasteiger partial charge in [0.05, 0.1) is 22.3 Å². The van der Waals surface area contributed by atoms with Crippen molar-refractivity contribution in [3.8, 4) is 0 Å². The molecule has 108 valence electrons. The Labute approximate surface area is 130 Å². The quantitative estimate of drug-likeness (QED) is 0.807. The maximum absolute atomic E-state index is 12.3. The van der Waals surface area contributed by atoms with Gasteiger partial charge in [0, 0.05) is 18.5 Å². The Kier molecular flexibility index (Phi) is 5.06. The fraction of sp³-hybridized carbons (Fsp3) is 0.462. The molecule has 2 aromatic rings. The van der Waals surface area contributed by atoms with Crippen LogP contribution in [-0.2, 0) is 25.9 Å². The molecule has 0 aliphatic heterocycles. The smallest absolute Gasteiger partial charge is 0.188 e. The molecule has 2 rings (SSSR count). The number of nitrogens with two attached hydrogens (primary N) is 1. The zero-order valence-corrected chi connectivity index (χ0v) is 13.9. The van der Waals surface area contributed by atoms with Gasteiger partial charge in [0.15, 0.2) is 5.78 Å². The van der Waals surface area contributed by atoms with Gasteiger partial charge in [-0.3, -0.25) is 9.48 Å². The first kappa shape index (κ1) is 15.3. The molecule has 2 aromatic heterocycles. The van der Waals surface area contributed by atoms with Gasteiger partial charge in [-0.25, -0.2) is 4.98 Å². The van der Waals surface area contributed by atoms with E-state index in [0.717, 1.165) is 33.8 Å². The third-order valence-electron chi connectivity index (χ3n) is 3.03. The van der Waals surface area contributed by atoms with E-state index in [-0.39, 0.29) is 5.78 Å². The van der Waals surface area contributed by atoms with Crippen LogP contribution in [0.1, 0.15) is 40.7 Å². The lowest BCUT2D eigenvalue weighted by Crippen LogP contribution is -2.11. The molecule has 7 heteroatoms. The molecular weight excluding hydrogens is 340 g/mol. The molecule has 0 aliphatic carbocycles. The van der Waals surface area contributed by atoms with Crippen LogP contribution in [0.3, 0.4) is 0 Å². The molecule has 0 spiro atoms. The standard InChI is InChI=1S/C13H17BrN4OS/c1-3-8-13(14)10(18(4-2)17-8)5-11(19)9-7-20-12(6-15)16-9/h7H,3-6,15H2,1-2H3. The fourth-order valence-electron chi connectivity index (χ4n) is 1.96. The fourth-order valence-corrected chi connectivity index (χ4v) is 3.35. The number of carbonyl (C=O) groups excluding carboxylic acids is 1. The Bertz CT molecular complexity index is 620. The lowest BCUT2D eigenvalue weighted by molar-refractivity contribution is 0.0986. The Morgan fingerprint density at radius 3 is 2.80 bits per heavy atom. The van der Waals surface area contributed by atoms with Crippen LogP contribution in [0.15, 0.2) is 9.85 Å². The molecule has 0 unspecified atom stereocenters. The molecule has 0 bridgehead atoms. The van der Waals surface area contributed by atoms with Crippen molar-refractivity contribution in [2.75, 3.05) is 0 Å². The van der Waals surface area contributed by atoms with Gasteiger partial charge in [-0.05, 0) is 29.3 Å². The predicted octanol–water partition coefficient (Wildman–Crippen LogP) is 2.57. The van der Waals surface area contributed by atoms with Crippen molar-refractivity contribution in [3.05, 3.63) is 31.9 Å². The average Bonchev–Trinajstić information content (AvgIpc) is 3.05. The van der Waals surface area contributed by atoms with Gasteiger partial charge < -0.3 is 5.73 Å². The van der Waals surface area contributed by atoms with Crippen LogP contribution in [0.4, 0.5) is 0 Å². The van der Waals surface area contributed by atoms with Crippen molar-refractivity contribution in [1.29, 1.82) is 0 Å². The predicted molar refractivity (Wildman–Crippen MR) is 83.0 cm³/mol. The molecule has 20 heavy (non-hydrogen) atoms. The van der Waals surface area contributed by atoms with E-state index in [4.69, 9.17) is 5.73 Å². The van der Waals surface area contributed by atoms with Crippen LogP contribution in [-0.4, -0.2) is 20.5 Å². The minimum Gasteiger partial charge on any atom is -0.325 e. The van der Waals surface area contributed by atoms with Crippen LogP contribution in [0, 0.1) is 0 Å². The number of hydrogen-bond donors (Lipinski definition) is 1. The summed E-state index contributed by atoms with van der Waals surface area (Å²) < 4.78 is 2.81. The second kappa shape index (κ2) is 6.60. The molecule has 0 radical (unpaired) electrons. The summed E-state index contributed by atoms with van der Waals surface area (Å²) in [6, 6.07) is 0. The number of rotatable bonds is 6. The molecule has 0 saturated carbocycles. The molecule has 5 nitrogen and oxygen atoms in total. The number of ketones is 1. The summed E-state index contributed by atoms with van der Waals surface area (Å²) in [7, 11) is 0. The van der Waals surface area contributed by atoms with Gasteiger partial charge in [-0.2, -0.15) is 5.10 Å². The van der Waals surface area contributed by atoms with Crippen molar-refractivity contribution < 1.29 is 4.79 Å². The molecule has 0 aromatic carbocycles. The van der Waals surface area contributed by atoms with Crippen molar-refractivity contribution in [2.45, 2.75) is 39.8 Å². The maximum atomic E-state index is 12.3. The Balaban J connectivity index is 2.25. The first-order valence-corrected chi connectivity index (χ1v) is 8.19. The Morgan fingerprint density at radius 2 is 2.25 bits per heavy atom. The van der Waals surface area contributed by atoms with Crippen molar-refractivity contribution in [2.24, 2.45) is 5.73 Å². The third kappa shape index (κ3) is 2.99. The normalized spacial score (nSPS) is 11.0. The number of halogens is 1. The first-order valence-electron chi connectivity index (χ1n) is 6.52. The number of aromatic nitrogens is 3. The highest BCUT2D eigenvalue weighted by atomic mass is 79.9. The molecule has 0 fully saturated rings. The summed E-state index contributed by atoms with van der Waals surface area (Å²) in [5, 5.41) is 7.05. The van der Waals surface area contributed by atoms with Crippen LogP contribution < -0.4 is 5.73 Å². The highest BCUT2D eigenvalue weighted by molar-refractivity contribution is 9.10. The number of hydrogen-bond acceptors (Lipinski definition) is 5. The van der Waals surface area contributed by atoms with Crippen molar-refractivity contribution in [1.82, 2.24) is 14.8 Å². The van der Waals surface area contributed by atoms with E-state index in [1.54, 1.807) is 5.38 Å². The zero-order valence-electron chi connectivity index (χ0n) is 11.5. The minimum absolute atomic E-state index is 0.00102. The van der Waals surface area contributed by atoms with E-state index < -0.39 is 0 Å². The van der Waals surface area contributed by atoms with Crippen LogP contribution in [0.2, 0.25) is 0 Å². The summed E-state index contributed by atoms with van der Waals surface area (Å²) in [6.45, 7) is 5.18. The number of carbonyl (C=O) groups is 1. The molecule has 0 amide bonds. The van der Waals surface area contributed by atoms with E-state index in [0.29, 0.717) is 18.7 Å². The van der Waals surface area contributed by atoms with E-state index in [1.807, 2.05) is 18.5 Å². The summed E-state index contributed by atoms with van der Waals surface area (Å²) in [4.78, 5) is 16.5. The summed E-state index contributed by atoms with van der Waals surface area (Å²) in [5.74, 6) is -0.00102. The average molecular weight is 357 g/mol. The minimum atomic E-state index is -0.00102. The highest BCUT2D eigenvalue weighted by Gasteiger charge is 2.19. The lowest BCUT2D eigenvalue weighted by Gasteiger charge is -2.03. The second-order valence-corrected chi connectivity index (χ2v) is 6.04. The van der Waals surface area contributed by atoms with Gasteiger partial charge in [-0.15, -0.1) is 11.3 Å². The molecule has 0 aliphatic rings. The van der Waals surface area contributed by atoms with Gasteiger partial charge in [0.1, 0.15) is 10.7 Å². The van der Waals surface area contributed by atoms with E-state index in [9.17, 15) is 4.79 Å². The van der Waals surface area contributed by atoms with E-state index in [2.05, 4.69) is 26.0 Å². The molecule has 2 N–H and O–H groups in total. The number of nitrogens with zero attached hydrogens (tertiary/aromatic N) is 3. The van der Waals surface area contributed by atoms with Crippen molar-refractivity contribution >= 4 is 33.0 Å². The van der Waals surface area contributed by atoms with Gasteiger partial charge >= 0.3 is 0 Å². The monoisotopic (exact) mass is 356 g/mol. The first-order chi connectivity index (χ1) is 9.60. The van der Waals surface area contributed by atoms with E-state index in [1.165, 1.54) is 11.3 Å². The topological polar surface area (TPSA) is 73.8 Å². The molecule has 2 heterocycles. The van der Waals surface area contributed by atoms with Crippen LogP contribution in [0.5, 0.6) is 0 Å². The largest absolute Gasteiger partial charge is 0.325 e. The van der Waals surface area contributed by atoms with Crippen LogP contribution >= 0.6 is 27.3 Å². The highest BCUT2D eigenvalue weighted by Crippen LogP contribution is 2.24.